The maximum absolute atomic E-state index is 12.3. The molecule has 3 heterocycles. The maximum Gasteiger partial charge on any atom is 0.214 e. The normalized spacial score (nSPS) is 27.2. The first-order valence-corrected chi connectivity index (χ1v) is 8.78. The number of hydrogen-bond acceptors (Lipinski definition) is 5. The smallest absolute Gasteiger partial charge is 0.214 e. The van der Waals surface area contributed by atoms with Crippen LogP contribution in [0.3, 0.4) is 0 Å². The highest BCUT2D eigenvalue weighted by atomic mass is 32.2. The second-order valence-electron chi connectivity index (χ2n) is 5.42. The molecule has 0 amide bonds. The van der Waals surface area contributed by atoms with Crippen LogP contribution >= 0.6 is 0 Å². The van der Waals surface area contributed by atoms with Crippen LogP contribution in [0.5, 0.6) is 0 Å². The number of rotatable bonds is 4. The molecule has 0 spiro atoms. The summed E-state index contributed by atoms with van der Waals surface area (Å²) >= 11 is 0. The van der Waals surface area contributed by atoms with Crippen molar-refractivity contribution >= 4 is 10.0 Å². The van der Waals surface area contributed by atoms with Crippen molar-refractivity contribution in [3.8, 4) is 0 Å². The van der Waals surface area contributed by atoms with E-state index >= 15 is 0 Å². The zero-order valence-corrected chi connectivity index (χ0v) is 12.2. The molecule has 8 heteroatoms. The van der Waals surface area contributed by atoms with Crippen molar-refractivity contribution in [2.45, 2.75) is 50.8 Å². The highest BCUT2D eigenvalue weighted by Gasteiger charge is 2.29. The quantitative estimate of drug-likeness (QED) is 0.880. The van der Waals surface area contributed by atoms with E-state index in [4.69, 9.17) is 4.74 Å². The van der Waals surface area contributed by atoms with Gasteiger partial charge in [0.1, 0.15) is 12.2 Å². The van der Waals surface area contributed by atoms with Gasteiger partial charge in [-0.05, 0) is 32.1 Å². The third-order valence-electron chi connectivity index (χ3n) is 3.82. The summed E-state index contributed by atoms with van der Waals surface area (Å²) in [6.07, 6.45) is 5.86. The summed E-state index contributed by atoms with van der Waals surface area (Å²) in [7, 11) is -3.36. The van der Waals surface area contributed by atoms with E-state index in [-0.39, 0.29) is 17.9 Å². The molecule has 1 fully saturated rings. The Balaban J connectivity index is 1.65. The molecule has 1 aromatic rings. The topological polar surface area (TPSA) is 86.1 Å². The van der Waals surface area contributed by atoms with E-state index in [0.29, 0.717) is 12.4 Å². The Bertz CT molecular complexity index is 551. The monoisotopic (exact) mass is 300 g/mol. The van der Waals surface area contributed by atoms with Crippen LogP contribution in [0.15, 0.2) is 6.33 Å². The summed E-state index contributed by atoms with van der Waals surface area (Å²) in [5.74, 6) is 0.752. The number of aromatic nitrogens is 3. The van der Waals surface area contributed by atoms with Crippen LogP contribution in [-0.4, -0.2) is 41.6 Å². The average Bonchev–Trinajstić information content (AvgIpc) is 2.88. The second kappa shape index (κ2) is 5.79. The summed E-state index contributed by atoms with van der Waals surface area (Å²) in [6, 6.07) is -0.264. The number of fused-ring (bicyclic) bond motifs is 1. The summed E-state index contributed by atoms with van der Waals surface area (Å²) in [6.45, 7) is 1.47. The Morgan fingerprint density at radius 1 is 1.35 bits per heavy atom. The molecule has 2 atom stereocenters. The molecule has 7 nitrogen and oxygen atoms in total. The van der Waals surface area contributed by atoms with Crippen molar-refractivity contribution in [1.29, 1.82) is 0 Å². The van der Waals surface area contributed by atoms with Gasteiger partial charge >= 0.3 is 0 Å². The molecule has 2 aliphatic rings. The Morgan fingerprint density at radius 3 is 3.05 bits per heavy atom. The number of nitrogens with one attached hydrogen (secondary N) is 1. The van der Waals surface area contributed by atoms with E-state index in [0.717, 1.165) is 38.6 Å². The van der Waals surface area contributed by atoms with E-state index < -0.39 is 10.0 Å². The summed E-state index contributed by atoms with van der Waals surface area (Å²) in [5.41, 5.74) is 0. The lowest BCUT2D eigenvalue weighted by Gasteiger charge is -2.26. The fourth-order valence-electron chi connectivity index (χ4n) is 2.85. The number of sulfonamides is 1. The third-order valence-corrected chi connectivity index (χ3v) is 5.28. The molecule has 2 aliphatic heterocycles. The van der Waals surface area contributed by atoms with Crippen molar-refractivity contribution in [2.24, 2.45) is 0 Å². The number of nitrogens with zero attached hydrogens (tertiary/aromatic N) is 3. The molecule has 0 saturated carbocycles. The maximum atomic E-state index is 12.3. The van der Waals surface area contributed by atoms with Gasteiger partial charge in [-0.25, -0.2) is 22.8 Å². The minimum absolute atomic E-state index is 0.0393. The number of hydrogen-bond donors (Lipinski definition) is 1. The van der Waals surface area contributed by atoms with Crippen LogP contribution < -0.4 is 4.72 Å². The lowest BCUT2D eigenvalue weighted by Crippen LogP contribution is -2.39. The first-order chi connectivity index (χ1) is 9.64. The number of ether oxygens (including phenoxy) is 1. The van der Waals surface area contributed by atoms with Crippen molar-refractivity contribution in [1.82, 2.24) is 19.5 Å². The van der Waals surface area contributed by atoms with E-state index in [2.05, 4.69) is 14.8 Å². The predicted octanol–water partition coefficient (Wildman–Crippen LogP) is 0.601. The van der Waals surface area contributed by atoms with E-state index in [1.165, 1.54) is 6.33 Å². The molecule has 1 N–H and O–H groups in total. The highest BCUT2D eigenvalue weighted by Crippen LogP contribution is 2.23. The summed E-state index contributed by atoms with van der Waals surface area (Å²) in [5, 5.41) is 4.10. The first-order valence-electron chi connectivity index (χ1n) is 7.13. The van der Waals surface area contributed by atoms with Gasteiger partial charge in [-0.3, -0.25) is 0 Å². The zero-order valence-electron chi connectivity index (χ0n) is 11.4. The predicted molar refractivity (Wildman–Crippen MR) is 72.5 cm³/mol. The van der Waals surface area contributed by atoms with E-state index in [9.17, 15) is 8.42 Å². The lowest BCUT2D eigenvalue weighted by atomic mass is 10.1. The Kier molecular flexibility index (Phi) is 4.04. The van der Waals surface area contributed by atoms with Gasteiger partial charge in [-0.1, -0.05) is 0 Å². The van der Waals surface area contributed by atoms with Gasteiger partial charge in [0.2, 0.25) is 10.0 Å². The van der Waals surface area contributed by atoms with Crippen LogP contribution in [0.1, 0.15) is 44.0 Å². The van der Waals surface area contributed by atoms with Gasteiger partial charge in [0.05, 0.1) is 17.9 Å². The van der Waals surface area contributed by atoms with Crippen LogP contribution in [0.4, 0.5) is 0 Å². The van der Waals surface area contributed by atoms with E-state index in [1.54, 1.807) is 4.68 Å². The average molecular weight is 300 g/mol. The molecule has 0 aliphatic carbocycles. The Labute approximate surface area is 118 Å². The minimum atomic E-state index is -3.36. The Morgan fingerprint density at radius 2 is 2.25 bits per heavy atom. The second-order valence-corrected chi connectivity index (χ2v) is 7.22. The standard InChI is InChI=1S/C12H20N4O3S/c17-20(18,8-10-4-1-2-7-19-10)15-11-5-3-6-16-12(11)13-9-14-16/h9-11,15H,1-8H2/t10-,11+/m1/s1. The van der Waals surface area contributed by atoms with Crippen molar-refractivity contribution in [2.75, 3.05) is 12.4 Å². The number of aryl methyl sites for hydroxylation is 1. The van der Waals surface area contributed by atoms with Crippen LogP contribution in [0.25, 0.3) is 0 Å². The van der Waals surface area contributed by atoms with Gasteiger partial charge in [0.25, 0.3) is 0 Å². The third kappa shape index (κ3) is 3.18. The molecule has 3 rings (SSSR count). The molecular weight excluding hydrogens is 280 g/mol. The molecule has 0 bridgehead atoms. The summed E-state index contributed by atoms with van der Waals surface area (Å²) < 4.78 is 34.5. The van der Waals surface area contributed by atoms with Gasteiger partial charge in [0.15, 0.2) is 0 Å². The SMILES string of the molecule is O=S(=O)(C[C@H]1CCCCO1)N[C@H]1CCCn2ncnc21. The molecular formula is C12H20N4O3S. The van der Waals surface area contributed by atoms with Crippen molar-refractivity contribution < 1.29 is 13.2 Å². The van der Waals surface area contributed by atoms with Crippen LogP contribution in [0.2, 0.25) is 0 Å². The Hall–Kier alpha value is -0.990. The highest BCUT2D eigenvalue weighted by molar-refractivity contribution is 7.89. The summed E-state index contributed by atoms with van der Waals surface area (Å²) in [4.78, 5) is 4.16. The zero-order chi connectivity index (χ0) is 14.0. The molecule has 1 aromatic heterocycles. The van der Waals surface area contributed by atoms with Gasteiger partial charge in [-0.2, -0.15) is 5.10 Å². The molecule has 0 unspecified atom stereocenters. The van der Waals surface area contributed by atoms with Crippen LogP contribution in [0, 0.1) is 0 Å². The fraction of sp³-hybridized carbons (Fsp3) is 0.833. The van der Waals surface area contributed by atoms with E-state index in [1.807, 2.05) is 0 Å². The van der Waals surface area contributed by atoms with Gasteiger partial charge in [-0.15, -0.1) is 0 Å². The molecule has 112 valence electrons. The van der Waals surface area contributed by atoms with Crippen molar-refractivity contribution in [3.63, 3.8) is 0 Å². The molecule has 0 radical (unpaired) electrons. The minimum Gasteiger partial charge on any atom is -0.377 e. The fourth-order valence-corrected chi connectivity index (χ4v) is 4.35. The lowest BCUT2D eigenvalue weighted by molar-refractivity contribution is 0.0303. The first kappa shape index (κ1) is 14.0. The molecule has 0 aromatic carbocycles. The van der Waals surface area contributed by atoms with Crippen molar-refractivity contribution in [3.05, 3.63) is 12.2 Å². The largest absolute Gasteiger partial charge is 0.377 e. The molecule has 20 heavy (non-hydrogen) atoms. The van der Waals surface area contributed by atoms with Gasteiger partial charge in [0, 0.05) is 13.2 Å². The molecule has 1 saturated heterocycles. The van der Waals surface area contributed by atoms with Gasteiger partial charge < -0.3 is 4.74 Å². The van der Waals surface area contributed by atoms with Crippen LogP contribution in [-0.2, 0) is 21.3 Å².